The number of carboxylic acid groups (broad SMARTS) is 1. The summed E-state index contributed by atoms with van der Waals surface area (Å²) in [6.07, 6.45) is 0.865. The normalized spacial score (nSPS) is 10.6. The number of nitrogens with zero attached hydrogens (tertiary/aromatic N) is 3. The number of aliphatic carboxylic acids is 1. The van der Waals surface area contributed by atoms with Gasteiger partial charge in [-0.15, -0.1) is 0 Å². The van der Waals surface area contributed by atoms with E-state index in [9.17, 15) is 9.18 Å². The van der Waals surface area contributed by atoms with Crippen molar-refractivity contribution in [2.75, 3.05) is 0 Å². The Morgan fingerprint density at radius 1 is 1.37 bits per heavy atom. The summed E-state index contributed by atoms with van der Waals surface area (Å²) in [6, 6.07) is 6.19. The number of hydrogen-bond donors (Lipinski definition) is 1. The standard InChI is InChI=1S/C13H14FN3O2/c1-17-12(8-9-2-4-10(14)5-3-9)15-11(16-17)6-7-13(18)19/h2-5H,6-8H2,1H3,(H,18,19). The zero-order valence-corrected chi connectivity index (χ0v) is 10.5. The van der Waals surface area contributed by atoms with Crippen LogP contribution in [0.1, 0.15) is 23.6 Å². The van der Waals surface area contributed by atoms with Gasteiger partial charge in [0.15, 0.2) is 5.82 Å². The minimum Gasteiger partial charge on any atom is -0.481 e. The van der Waals surface area contributed by atoms with Crippen LogP contribution in [0.4, 0.5) is 4.39 Å². The van der Waals surface area contributed by atoms with Gasteiger partial charge in [0, 0.05) is 19.9 Å². The van der Waals surface area contributed by atoms with Crippen molar-refractivity contribution in [2.24, 2.45) is 7.05 Å². The van der Waals surface area contributed by atoms with Gasteiger partial charge in [-0.1, -0.05) is 12.1 Å². The SMILES string of the molecule is Cn1nc(CCC(=O)O)nc1Cc1ccc(F)cc1. The van der Waals surface area contributed by atoms with Crippen molar-refractivity contribution in [1.29, 1.82) is 0 Å². The van der Waals surface area contributed by atoms with Crippen LogP contribution < -0.4 is 0 Å². The molecule has 0 amide bonds. The fourth-order valence-electron chi connectivity index (χ4n) is 1.74. The van der Waals surface area contributed by atoms with Gasteiger partial charge in [0.05, 0.1) is 6.42 Å². The van der Waals surface area contributed by atoms with E-state index in [1.165, 1.54) is 12.1 Å². The second-order valence-corrected chi connectivity index (χ2v) is 4.26. The lowest BCUT2D eigenvalue weighted by Gasteiger charge is -2.00. The van der Waals surface area contributed by atoms with Crippen LogP contribution >= 0.6 is 0 Å². The molecule has 2 aromatic rings. The van der Waals surface area contributed by atoms with E-state index in [0.717, 1.165) is 11.4 Å². The molecule has 19 heavy (non-hydrogen) atoms. The van der Waals surface area contributed by atoms with Gasteiger partial charge in [-0.25, -0.2) is 9.37 Å². The number of halogens is 1. The summed E-state index contributed by atoms with van der Waals surface area (Å²) >= 11 is 0. The fraction of sp³-hybridized carbons (Fsp3) is 0.308. The van der Waals surface area contributed by atoms with Crippen molar-refractivity contribution in [3.63, 3.8) is 0 Å². The summed E-state index contributed by atoms with van der Waals surface area (Å²) in [6.45, 7) is 0. The molecule has 1 heterocycles. The van der Waals surface area contributed by atoms with Crippen LogP contribution in [-0.2, 0) is 24.7 Å². The summed E-state index contributed by atoms with van der Waals surface area (Å²) in [5.74, 6) is 0.102. The molecule has 0 unspecified atom stereocenters. The van der Waals surface area contributed by atoms with E-state index < -0.39 is 5.97 Å². The molecule has 0 fully saturated rings. The quantitative estimate of drug-likeness (QED) is 0.889. The van der Waals surface area contributed by atoms with Crippen LogP contribution in [-0.4, -0.2) is 25.8 Å². The third-order valence-corrected chi connectivity index (χ3v) is 2.74. The van der Waals surface area contributed by atoms with Gasteiger partial charge in [-0.05, 0) is 17.7 Å². The Bertz CT molecular complexity index is 578. The maximum absolute atomic E-state index is 12.8. The summed E-state index contributed by atoms with van der Waals surface area (Å²) in [5, 5.41) is 12.8. The first kappa shape index (κ1) is 13.2. The van der Waals surface area contributed by atoms with Gasteiger partial charge >= 0.3 is 5.97 Å². The Hall–Kier alpha value is -2.24. The predicted octanol–water partition coefficient (Wildman–Crippen LogP) is 1.56. The van der Waals surface area contributed by atoms with Crippen LogP contribution in [0.5, 0.6) is 0 Å². The molecule has 0 aliphatic rings. The number of carboxylic acids is 1. The van der Waals surface area contributed by atoms with Gasteiger partial charge in [0.2, 0.25) is 0 Å². The minimum absolute atomic E-state index is 0.0139. The van der Waals surface area contributed by atoms with Crippen LogP contribution in [0.25, 0.3) is 0 Å². The molecule has 1 aromatic carbocycles. The topological polar surface area (TPSA) is 68.0 Å². The third-order valence-electron chi connectivity index (χ3n) is 2.74. The Kier molecular flexibility index (Phi) is 3.89. The molecule has 0 spiro atoms. The van der Waals surface area contributed by atoms with E-state index in [-0.39, 0.29) is 12.2 Å². The van der Waals surface area contributed by atoms with Gasteiger partial charge < -0.3 is 5.11 Å². The first-order valence-electron chi connectivity index (χ1n) is 5.89. The second-order valence-electron chi connectivity index (χ2n) is 4.26. The molecule has 0 aliphatic heterocycles. The van der Waals surface area contributed by atoms with Gasteiger partial charge in [0.1, 0.15) is 11.6 Å². The molecule has 0 aliphatic carbocycles. The highest BCUT2D eigenvalue weighted by molar-refractivity contribution is 5.66. The van der Waals surface area contributed by atoms with E-state index >= 15 is 0 Å². The summed E-state index contributed by atoms with van der Waals surface area (Å²) in [7, 11) is 1.76. The molecule has 0 radical (unpaired) electrons. The van der Waals surface area contributed by atoms with Crippen molar-refractivity contribution in [1.82, 2.24) is 14.8 Å². The molecule has 100 valence electrons. The zero-order chi connectivity index (χ0) is 13.8. The molecule has 2 rings (SSSR count). The number of carbonyl (C=O) groups is 1. The van der Waals surface area contributed by atoms with Gasteiger partial charge in [-0.2, -0.15) is 5.10 Å². The van der Waals surface area contributed by atoms with E-state index in [4.69, 9.17) is 5.11 Å². The van der Waals surface area contributed by atoms with E-state index in [1.807, 2.05) is 0 Å². The maximum Gasteiger partial charge on any atom is 0.303 e. The molecule has 6 heteroatoms. The van der Waals surface area contributed by atoms with Crippen molar-refractivity contribution >= 4 is 5.97 Å². The Morgan fingerprint density at radius 2 is 2.05 bits per heavy atom. The van der Waals surface area contributed by atoms with Crippen molar-refractivity contribution < 1.29 is 14.3 Å². The van der Waals surface area contributed by atoms with Crippen LogP contribution in [0, 0.1) is 5.82 Å². The van der Waals surface area contributed by atoms with Gasteiger partial charge in [0.25, 0.3) is 0 Å². The summed E-state index contributed by atoms with van der Waals surface area (Å²) in [4.78, 5) is 14.8. The summed E-state index contributed by atoms with van der Waals surface area (Å²) < 4.78 is 14.4. The average Bonchev–Trinajstić information content (AvgIpc) is 2.71. The van der Waals surface area contributed by atoms with Crippen LogP contribution in [0.15, 0.2) is 24.3 Å². The highest BCUT2D eigenvalue weighted by atomic mass is 19.1. The van der Waals surface area contributed by atoms with E-state index in [2.05, 4.69) is 10.1 Å². The number of rotatable bonds is 5. The lowest BCUT2D eigenvalue weighted by Crippen LogP contribution is -2.00. The Balaban J connectivity index is 2.08. The summed E-state index contributed by atoms with van der Waals surface area (Å²) in [5.41, 5.74) is 0.932. The molecule has 5 nitrogen and oxygen atoms in total. The number of aryl methyl sites for hydroxylation is 2. The lowest BCUT2D eigenvalue weighted by molar-refractivity contribution is -0.137. The Labute approximate surface area is 109 Å². The van der Waals surface area contributed by atoms with Gasteiger partial charge in [-0.3, -0.25) is 9.48 Å². The highest BCUT2D eigenvalue weighted by Gasteiger charge is 2.09. The monoisotopic (exact) mass is 263 g/mol. The van der Waals surface area contributed by atoms with Crippen LogP contribution in [0.2, 0.25) is 0 Å². The minimum atomic E-state index is -0.868. The van der Waals surface area contributed by atoms with Crippen LogP contribution in [0.3, 0.4) is 0 Å². The molecule has 0 atom stereocenters. The first-order chi connectivity index (χ1) is 9.04. The molecule has 1 aromatic heterocycles. The highest BCUT2D eigenvalue weighted by Crippen LogP contribution is 2.09. The smallest absolute Gasteiger partial charge is 0.303 e. The maximum atomic E-state index is 12.8. The number of hydrogen-bond acceptors (Lipinski definition) is 3. The zero-order valence-electron chi connectivity index (χ0n) is 10.5. The second kappa shape index (κ2) is 5.60. The molecular weight excluding hydrogens is 249 g/mol. The van der Waals surface area contributed by atoms with E-state index in [0.29, 0.717) is 18.7 Å². The average molecular weight is 263 g/mol. The van der Waals surface area contributed by atoms with Crippen molar-refractivity contribution in [2.45, 2.75) is 19.3 Å². The first-order valence-corrected chi connectivity index (χ1v) is 5.89. The number of aromatic nitrogens is 3. The Morgan fingerprint density at radius 3 is 2.68 bits per heavy atom. The molecule has 0 bridgehead atoms. The fourth-order valence-corrected chi connectivity index (χ4v) is 1.74. The van der Waals surface area contributed by atoms with E-state index in [1.54, 1.807) is 23.9 Å². The molecule has 1 N–H and O–H groups in total. The molecule has 0 saturated heterocycles. The molecular formula is C13H14FN3O2. The van der Waals surface area contributed by atoms with Crippen molar-refractivity contribution in [3.05, 3.63) is 47.3 Å². The predicted molar refractivity (Wildman–Crippen MR) is 66.2 cm³/mol. The third kappa shape index (κ3) is 3.61. The van der Waals surface area contributed by atoms with Crippen molar-refractivity contribution in [3.8, 4) is 0 Å². The largest absolute Gasteiger partial charge is 0.481 e. The lowest BCUT2D eigenvalue weighted by atomic mass is 10.1. The molecule has 0 saturated carbocycles. The number of benzene rings is 1.